The third-order valence-corrected chi connectivity index (χ3v) is 2.20. The maximum Gasteiger partial charge on any atom is 0.396 e. The molecule has 1 N–H and O–H groups in total. The Balaban J connectivity index is 2.37. The standard InChI is InChI=1S/C13H17NO3/c1-3-8-17-13(16)12(15)14-9-11-6-4-10(2)5-7-11/h4-7H,3,8-9H2,1-2H3,(H,14,15). The van der Waals surface area contributed by atoms with Crippen LogP contribution in [0.25, 0.3) is 0 Å². The highest BCUT2D eigenvalue weighted by Gasteiger charge is 2.13. The van der Waals surface area contributed by atoms with Crippen LogP contribution in [0.2, 0.25) is 0 Å². The molecule has 0 saturated heterocycles. The van der Waals surface area contributed by atoms with Crippen LogP contribution in [0, 0.1) is 6.92 Å². The van der Waals surface area contributed by atoms with E-state index in [9.17, 15) is 9.59 Å². The lowest BCUT2D eigenvalue weighted by atomic mass is 10.1. The van der Waals surface area contributed by atoms with Crippen molar-refractivity contribution in [3.63, 3.8) is 0 Å². The molecule has 1 rings (SSSR count). The molecule has 1 amide bonds. The van der Waals surface area contributed by atoms with Gasteiger partial charge in [-0.15, -0.1) is 0 Å². The molecule has 0 aliphatic rings. The van der Waals surface area contributed by atoms with E-state index in [0.29, 0.717) is 13.0 Å². The largest absolute Gasteiger partial charge is 0.459 e. The van der Waals surface area contributed by atoms with Crippen LogP contribution < -0.4 is 5.32 Å². The predicted molar refractivity (Wildman–Crippen MR) is 64.3 cm³/mol. The number of hydrogen-bond acceptors (Lipinski definition) is 3. The molecule has 0 aliphatic heterocycles. The molecule has 4 heteroatoms. The summed E-state index contributed by atoms with van der Waals surface area (Å²) in [6.45, 7) is 4.47. The zero-order valence-electron chi connectivity index (χ0n) is 10.2. The van der Waals surface area contributed by atoms with Crippen molar-refractivity contribution in [2.45, 2.75) is 26.8 Å². The van der Waals surface area contributed by atoms with Gasteiger partial charge in [0.1, 0.15) is 0 Å². The number of esters is 1. The normalized spacial score (nSPS) is 9.76. The Morgan fingerprint density at radius 2 is 1.88 bits per heavy atom. The van der Waals surface area contributed by atoms with Crippen molar-refractivity contribution in [1.29, 1.82) is 0 Å². The molecular weight excluding hydrogens is 218 g/mol. The third kappa shape index (κ3) is 4.68. The van der Waals surface area contributed by atoms with E-state index >= 15 is 0 Å². The summed E-state index contributed by atoms with van der Waals surface area (Å²) in [5.41, 5.74) is 2.11. The minimum Gasteiger partial charge on any atom is -0.459 e. The smallest absolute Gasteiger partial charge is 0.396 e. The highest BCUT2D eigenvalue weighted by atomic mass is 16.5. The van der Waals surface area contributed by atoms with Crippen molar-refractivity contribution >= 4 is 11.9 Å². The molecule has 0 bridgehead atoms. The highest BCUT2D eigenvalue weighted by Crippen LogP contribution is 2.02. The van der Waals surface area contributed by atoms with Gasteiger partial charge in [-0.3, -0.25) is 4.79 Å². The van der Waals surface area contributed by atoms with Crippen molar-refractivity contribution < 1.29 is 14.3 Å². The number of carbonyl (C=O) groups is 2. The Kier molecular flexibility index (Phi) is 5.20. The van der Waals surface area contributed by atoms with Gasteiger partial charge < -0.3 is 10.1 Å². The van der Waals surface area contributed by atoms with Gasteiger partial charge in [-0.2, -0.15) is 0 Å². The summed E-state index contributed by atoms with van der Waals surface area (Å²) in [5.74, 6) is -1.52. The zero-order valence-corrected chi connectivity index (χ0v) is 10.2. The first-order chi connectivity index (χ1) is 8.13. The summed E-state index contributed by atoms with van der Waals surface area (Å²) >= 11 is 0. The van der Waals surface area contributed by atoms with Crippen molar-refractivity contribution in [3.8, 4) is 0 Å². The van der Waals surface area contributed by atoms with Gasteiger partial charge in [0.15, 0.2) is 0 Å². The topological polar surface area (TPSA) is 55.4 Å². The van der Waals surface area contributed by atoms with Crippen LogP contribution in [0.3, 0.4) is 0 Å². The van der Waals surface area contributed by atoms with Crippen LogP contribution in [-0.2, 0) is 20.9 Å². The Hall–Kier alpha value is -1.84. The third-order valence-electron chi connectivity index (χ3n) is 2.20. The lowest BCUT2D eigenvalue weighted by Gasteiger charge is -2.05. The summed E-state index contributed by atoms with van der Waals surface area (Å²) in [6.07, 6.45) is 0.705. The molecule has 0 heterocycles. The molecular formula is C13H17NO3. The van der Waals surface area contributed by atoms with Gasteiger partial charge >= 0.3 is 11.9 Å². The minimum absolute atomic E-state index is 0.275. The van der Waals surface area contributed by atoms with Crippen LogP contribution in [0.1, 0.15) is 24.5 Å². The number of nitrogens with one attached hydrogen (secondary N) is 1. The Bertz CT molecular complexity index is 384. The Labute approximate surface area is 101 Å². The van der Waals surface area contributed by atoms with E-state index in [-0.39, 0.29) is 6.61 Å². The second kappa shape index (κ2) is 6.68. The van der Waals surface area contributed by atoms with Crippen molar-refractivity contribution in [2.24, 2.45) is 0 Å². The van der Waals surface area contributed by atoms with E-state index in [2.05, 4.69) is 5.32 Å². The second-order valence-corrected chi connectivity index (χ2v) is 3.80. The molecule has 0 saturated carbocycles. The Morgan fingerprint density at radius 1 is 1.24 bits per heavy atom. The highest BCUT2D eigenvalue weighted by molar-refractivity contribution is 6.32. The molecule has 0 radical (unpaired) electrons. The van der Waals surface area contributed by atoms with E-state index in [1.54, 1.807) is 0 Å². The second-order valence-electron chi connectivity index (χ2n) is 3.80. The molecule has 1 aromatic rings. The number of ether oxygens (including phenoxy) is 1. The van der Waals surface area contributed by atoms with E-state index in [1.165, 1.54) is 0 Å². The molecule has 0 aromatic heterocycles. The summed E-state index contributed by atoms with van der Waals surface area (Å²) in [7, 11) is 0. The number of rotatable bonds is 4. The zero-order chi connectivity index (χ0) is 12.7. The molecule has 0 unspecified atom stereocenters. The predicted octanol–water partition coefficient (Wildman–Crippen LogP) is 1.56. The summed E-state index contributed by atoms with van der Waals surface area (Å²) in [4.78, 5) is 22.4. The first-order valence-electron chi connectivity index (χ1n) is 5.64. The number of carbonyl (C=O) groups excluding carboxylic acids is 2. The van der Waals surface area contributed by atoms with Crippen molar-refractivity contribution in [3.05, 3.63) is 35.4 Å². The maximum atomic E-state index is 11.3. The fraction of sp³-hybridized carbons (Fsp3) is 0.385. The van der Waals surface area contributed by atoms with E-state index < -0.39 is 11.9 Å². The fourth-order valence-electron chi connectivity index (χ4n) is 1.22. The molecule has 0 fully saturated rings. The number of hydrogen-bond donors (Lipinski definition) is 1. The van der Waals surface area contributed by atoms with Crippen LogP contribution in [0.4, 0.5) is 0 Å². The Morgan fingerprint density at radius 3 is 2.47 bits per heavy atom. The monoisotopic (exact) mass is 235 g/mol. The molecule has 4 nitrogen and oxygen atoms in total. The fourth-order valence-corrected chi connectivity index (χ4v) is 1.22. The first-order valence-corrected chi connectivity index (χ1v) is 5.64. The van der Waals surface area contributed by atoms with Gasteiger partial charge in [-0.1, -0.05) is 36.8 Å². The van der Waals surface area contributed by atoms with Gasteiger partial charge in [0.25, 0.3) is 0 Å². The van der Waals surface area contributed by atoms with E-state index in [1.807, 2.05) is 38.1 Å². The average Bonchev–Trinajstić information content (AvgIpc) is 2.34. The summed E-state index contributed by atoms with van der Waals surface area (Å²) in [6, 6.07) is 7.73. The van der Waals surface area contributed by atoms with Gasteiger partial charge in [0, 0.05) is 6.54 Å². The van der Waals surface area contributed by atoms with Crippen molar-refractivity contribution in [2.75, 3.05) is 6.61 Å². The molecule has 92 valence electrons. The molecule has 17 heavy (non-hydrogen) atoms. The van der Waals surface area contributed by atoms with Gasteiger partial charge in [-0.25, -0.2) is 4.79 Å². The molecule has 1 aromatic carbocycles. The van der Waals surface area contributed by atoms with E-state index in [0.717, 1.165) is 11.1 Å². The van der Waals surface area contributed by atoms with Crippen LogP contribution in [0.5, 0.6) is 0 Å². The minimum atomic E-state index is -0.820. The lowest BCUT2D eigenvalue weighted by molar-refractivity contribution is -0.155. The quantitative estimate of drug-likeness (QED) is 0.636. The first kappa shape index (κ1) is 13.2. The average molecular weight is 235 g/mol. The van der Waals surface area contributed by atoms with Gasteiger partial charge in [-0.05, 0) is 18.9 Å². The SMILES string of the molecule is CCCOC(=O)C(=O)NCc1ccc(C)cc1. The van der Waals surface area contributed by atoms with Crippen molar-refractivity contribution in [1.82, 2.24) is 5.32 Å². The maximum absolute atomic E-state index is 11.3. The summed E-state index contributed by atoms with van der Waals surface area (Å²) in [5, 5.41) is 2.51. The molecule has 0 atom stereocenters. The molecule has 0 spiro atoms. The van der Waals surface area contributed by atoms with Crippen LogP contribution in [0.15, 0.2) is 24.3 Å². The number of aryl methyl sites for hydroxylation is 1. The molecule has 0 aliphatic carbocycles. The van der Waals surface area contributed by atoms with Crippen LogP contribution >= 0.6 is 0 Å². The van der Waals surface area contributed by atoms with Gasteiger partial charge in [0.05, 0.1) is 6.61 Å². The van der Waals surface area contributed by atoms with Gasteiger partial charge in [0.2, 0.25) is 0 Å². The number of benzene rings is 1. The van der Waals surface area contributed by atoms with Crippen LogP contribution in [-0.4, -0.2) is 18.5 Å². The lowest BCUT2D eigenvalue weighted by Crippen LogP contribution is -2.32. The summed E-state index contributed by atoms with van der Waals surface area (Å²) < 4.78 is 4.71. The number of amides is 1. The van der Waals surface area contributed by atoms with E-state index in [4.69, 9.17) is 4.74 Å².